The second kappa shape index (κ2) is 9.25. The molecule has 2 aliphatic rings. The minimum absolute atomic E-state index is 0.00630. The Balaban J connectivity index is 1.75. The molecule has 1 aromatic rings. The van der Waals surface area contributed by atoms with E-state index in [-0.39, 0.29) is 50.4 Å². The number of amides is 1. The van der Waals surface area contributed by atoms with Crippen molar-refractivity contribution in [1.29, 1.82) is 0 Å². The van der Waals surface area contributed by atoms with Crippen molar-refractivity contribution in [3.8, 4) is 0 Å². The molecule has 1 atom stereocenters. The summed E-state index contributed by atoms with van der Waals surface area (Å²) in [5.74, 6) is -3.51. The van der Waals surface area contributed by atoms with Crippen LogP contribution in [0.4, 0.5) is 26.3 Å². The SMILES string of the molecule is CCC(O)c1sc(C2CCC(C(F)(F)F)CC2)nc1C(=O)N1CCC(C(F)(F)F)CC1. The number of hydrogen-bond acceptors (Lipinski definition) is 4. The summed E-state index contributed by atoms with van der Waals surface area (Å²) in [4.78, 5) is 19.1. The highest BCUT2D eigenvalue weighted by Crippen LogP contribution is 2.45. The molecule has 1 aliphatic carbocycles. The molecule has 1 aliphatic heterocycles. The van der Waals surface area contributed by atoms with E-state index in [2.05, 4.69) is 4.98 Å². The van der Waals surface area contributed by atoms with Crippen LogP contribution in [0.25, 0.3) is 0 Å². The summed E-state index contributed by atoms with van der Waals surface area (Å²) >= 11 is 1.13. The van der Waals surface area contributed by atoms with Gasteiger partial charge in [0, 0.05) is 19.0 Å². The highest BCUT2D eigenvalue weighted by atomic mass is 32.1. The number of piperidine rings is 1. The van der Waals surface area contributed by atoms with Crippen LogP contribution in [0.2, 0.25) is 0 Å². The summed E-state index contributed by atoms with van der Waals surface area (Å²) in [6.07, 6.45) is -8.93. The number of nitrogens with zero attached hydrogens (tertiary/aromatic N) is 2. The average Bonchev–Trinajstić information content (AvgIpc) is 3.17. The lowest BCUT2D eigenvalue weighted by molar-refractivity contribution is -0.184. The van der Waals surface area contributed by atoms with Gasteiger partial charge in [-0.1, -0.05) is 6.92 Å². The molecule has 0 spiro atoms. The molecule has 3 rings (SSSR count). The highest BCUT2D eigenvalue weighted by molar-refractivity contribution is 7.12. The van der Waals surface area contributed by atoms with Gasteiger partial charge < -0.3 is 10.0 Å². The molecule has 176 valence electrons. The molecule has 0 bridgehead atoms. The number of carbonyl (C=O) groups excluding carboxylic acids is 1. The molecule has 0 aromatic carbocycles. The number of halogens is 6. The second-order valence-electron chi connectivity index (χ2n) is 8.39. The minimum Gasteiger partial charge on any atom is -0.388 e. The monoisotopic (exact) mass is 472 g/mol. The van der Waals surface area contributed by atoms with Crippen molar-refractivity contribution in [3.05, 3.63) is 15.6 Å². The summed E-state index contributed by atoms with van der Waals surface area (Å²) < 4.78 is 77.5. The maximum atomic E-state index is 13.0. The summed E-state index contributed by atoms with van der Waals surface area (Å²) in [6.45, 7) is 1.63. The minimum atomic E-state index is -4.29. The van der Waals surface area contributed by atoms with Crippen molar-refractivity contribution in [2.45, 2.75) is 76.2 Å². The Kier molecular flexibility index (Phi) is 7.25. The highest BCUT2D eigenvalue weighted by Gasteiger charge is 2.44. The fourth-order valence-electron chi connectivity index (χ4n) is 4.32. The molecule has 4 nitrogen and oxygen atoms in total. The lowest BCUT2D eigenvalue weighted by Crippen LogP contribution is -2.42. The quantitative estimate of drug-likeness (QED) is 0.561. The number of alkyl halides is 6. The fourth-order valence-corrected chi connectivity index (χ4v) is 5.61. The van der Waals surface area contributed by atoms with Crippen molar-refractivity contribution in [2.75, 3.05) is 13.1 Å². The third kappa shape index (κ3) is 5.53. The molecule has 11 heteroatoms. The predicted octanol–water partition coefficient (Wildman–Crippen LogP) is 5.84. The Hall–Kier alpha value is -1.36. The molecule has 1 saturated heterocycles. The second-order valence-corrected chi connectivity index (χ2v) is 9.45. The first-order chi connectivity index (χ1) is 14.4. The van der Waals surface area contributed by atoms with E-state index in [1.807, 2.05) is 0 Å². The Morgan fingerprint density at radius 3 is 2.03 bits per heavy atom. The molecule has 31 heavy (non-hydrogen) atoms. The maximum absolute atomic E-state index is 13.0. The van der Waals surface area contributed by atoms with E-state index < -0.39 is 36.2 Å². The smallest absolute Gasteiger partial charge is 0.388 e. The Bertz CT molecular complexity index is 763. The number of aliphatic hydroxyl groups is 1. The van der Waals surface area contributed by atoms with Crippen molar-refractivity contribution in [3.63, 3.8) is 0 Å². The van der Waals surface area contributed by atoms with Gasteiger partial charge in [0.05, 0.1) is 27.8 Å². The van der Waals surface area contributed by atoms with Gasteiger partial charge in [0.1, 0.15) is 5.69 Å². The third-order valence-corrected chi connectivity index (χ3v) is 7.67. The van der Waals surface area contributed by atoms with Gasteiger partial charge in [0.15, 0.2) is 0 Å². The summed E-state index contributed by atoms with van der Waals surface area (Å²) in [5.41, 5.74) is 0.0257. The molecule has 1 N–H and O–H groups in total. The van der Waals surface area contributed by atoms with Crippen molar-refractivity contribution >= 4 is 17.2 Å². The van der Waals surface area contributed by atoms with Gasteiger partial charge in [0.25, 0.3) is 5.91 Å². The van der Waals surface area contributed by atoms with Crippen LogP contribution in [-0.4, -0.2) is 46.3 Å². The Morgan fingerprint density at radius 2 is 1.55 bits per heavy atom. The van der Waals surface area contributed by atoms with Crippen LogP contribution in [0, 0.1) is 11.8 Å². The van der Waals surface area contributed by atoms with E-state index in [1.165, 1.54) is 4.90 Å². The summed E-state index contributed by atoms with van der Waals surface area (Å²) in [7, 11) is 0. The van der Waals surface area contributed by atoms with Gasteiger partial charge in [-0.2, -0.15) is 26.3 Å². The standard InChI is InChI=1S/C20H26F6N2O2S/c1-2-14(29)16-15(18(30)28-9-7-13(8-10-28)20(24,25)26)27-17(31-16)11-3-5-12(6-4-11)19(21,22)23/h11-14,29H,2-10H2,1H3. The normalized spacial score (nSPS) is 25.0. The lowest BCUT2D eigenvalue weighted by atomic mass is 9.82. The zero-order valence-electron chi connectivity index (χ0n) is 17.1. The first-order valence-corrected chi connectivity index (χ1v) is 11.3. The van der Waals surface area contributed by atoms with Gasteiger partial charge in [-0.15, -0.1) is 11.3 Å². The Labute approximate surface area is 180 Å². The molecular weight excluding hydrogens is 446 g/mol. The fraction of sp³-hybridized carbons (Fsp3) is 0.800. The largest absolute Gasteiger partial charge is 0.391 e. The van der Waals surface area contributed by atoms with E-state index in [1.54, 1.807) is 6.92 Å². The van der Waals surface area contributed by atoms with E-state index in [0.717, 1.165) is 11.3 Å². The molecule has 2 fully saturated rings. The molecule has 1 saturated carbocycles. The van der Waals surface area contributed by atoms with Crippen LogP contribution in [-0.2, 0) is 0 Å². The van der Waals surface area contributed by atoms with Crippen LogP contribution in [0.3, 0.4) is 0 Å². The molecule has 1 aromatic heterocycles. The lowest BCUT2D eigenvalue weighted by Gasteiger charge is -2.32. The van der Waals surface area contributed by atoms with Crippen LogP contribution >= 0.6 is 11.3 Å². The maximum Gasteiger partial charge on any atom is 0.391 e. The zero-order chi connectivity index (χ0) is 23.0. The van der Waals surface area contributed by atoms with E-state index >= 15 is 0 Å². The van der Waals surface area contributed by atoms with Crippen molar-refractivity contribution in [1.82, 2.24) is 9.88 Å². The molecule has 1 unspecified atom stereocenters. The topological polar surface area (TPSA) is 53.4 Å². The number of likely N-dealkylation sites (tertiary alicyclic amines) is 1. The molecule has 0 radical (unpaired) electrons. The van der Waals surface area contributed by atoms with Gasteiger partial charge in [-0.05, 0) is 44.9 Å². The number of aromatic nitrogens is 1. The number of carbonyl (C=O) groups is 1. The van der Waals surface area contributed by atoms with Crippen LogP contribution in [0.5, 0.6) is 0 Å². The molecule has 2 heterocycles. The van der Waals surface area contributed by atoms with Gasteiger partial charge in [-0.25, -0.2) is 4.98 Å². The average molecular weight is 472 g/mol. The number of rotatable bonds is 4. The van der Waals surface area contributed by atoms with Crippen LogP contribution < -0.4 is 0 Å². The first kappa shape index (κ1) is 24.3. The van der Waals surface area contributed by atoms with Crippen molar-refractivity contribution in [2.24, 2.45) is 11.8 Å². The van der Waals surface area contributed by atoms with Crippen molar-refractivity contribution < 1.29 is 36.2 Å². The summed E-state index contributed by atoms with van der Waals surface area (Å²) in [5, 5.41) is 10.9. The van der Waals surface area contributed by atoms with E-state index in [4.69, 9.17) is 0 Å². The number of aliphatic hydroxyl groups excluding tert-OH is 1. The zero-order valence-corrected chi connectivity index (χ0v) is 17.9. The van der Waals surface area contributed by atoms with Crippen LogP contribution in [0.1, 0.15) is 84.3 Å². The summed E-state index contributed by atoms with van der Waals surface area (Å²) in [6, 6.07) is 0. The molecule has 1 amide bonds. The van der Waals surface area contributed by atoms with Crippen LogP contribution in [0.15, 0.2) is 0 Å². The Morgan fingerprint density at radius 1 is 1.03 bits per heavy atom. The number of hydrogen-bond donors (Lipinski definition) is 1. The van der Waals surface area contributed by atoms with Gasteiger partial charge >= 0.3 is 12.4 Å². The molecular formula is C20H26F6N2O2S. The van der Waals surface area contributed by atoms with E-state index in [9.17, 15) is 36.2 Å². The van der Waals surface area contributed by atoms with Gasteiger partial charge in [0.2, 0.25) is 0 Å². The number of thiazole rings is 1. The van der Waals surface area contributed by atoms with Gasteiger partial charge in [-0.3, -0.25) is 4.79 Å². The van der Waals surface area contributed by atoms with E-state index in [0.29, 0.717) is 29.1 Å². The predicted molar refractivity (Wildman–Crippen MR) is 103 cm³/mol. The third-order valence-electron chi connectivity index (χ3n) is 6.35. The first-order valence-electron chi connectivity index (χ1n) is 10.5.